The number of fused-ring (bicyclic) bond motifs is 1. The van der Waals surface area contributed by atoms with Crippen LogP contribution in [0.2, 0.25) is 0 Å². The minimum atomic E-state index is -1.52. The molecule has 0 aromatic heterocycles. The van der Waals surface area contributed by atoms with Crippen molar-refractivity contribution >= 4 is 16.4 Å². The van der Waals surface area contributed by atoms with Crippen LogP contribution in [0.15, 0.2) is 108 Å². The Morgan fingerprint density at radius 1 is 0.944 bits per heavy atom. The number of hydrogen-bond acceptors (Lipinski definition) is 3. The van der Waals surface area contributed by atoms with Gasteiger partial charge in [-0.25, -0.2) is 0 Å². The summed E-state index contributed by atoms with van der Waals surface area (Å²) in [4.78, 5) is 0. The van der Waals surface area contributed by atoms with Crippen molar-refractivity contribution in [2.24, 2.45) is 11.8 Å². The number of allylic oxidation sites excluding steroid dienone is 4. The van der Waals surface area contributed by atoms with Crippen LogP contribution in [0.25, 0.3) is 0 Å². The lowest BCUT2D eigenvalue weighted by Crippen LogP contribution is -2.30. The quantitative estimate of drug-likeness (QED) is 0.197. The van der Waals surface area contributed by atoms with Crippen LogP contribution in [0.1, 0.15) is 48.9 Å². The Labute approximate surface area is 216 Å². The smallest absolute Gasteiger partial charge is 0.309 e. The van der Waals surface area contributed by atoms with Crippen LogP contribution < -0.4 is 5.32 Å². The second kappa shape index (κ2) is 12.2. The molecular formula is C30H33N2O2P2+. The average molecular weight is 516 g/mol. The molecule has 1 unspecified atom stereocenters. The van der Waals surface area contributed by atoms with Crippen LogP contribution in [-0.4, -0.2) is 17.8 Å². The molecule has 2 aromatic rings. The summed E-state index contributed by atoms with van der Waals surface area (Å²) in [5.74, 6) is 0.289. The molecule has 1 saturated heterocycles. The first-order chi connectivity index (χ1) is 17.8. The van der Waals surface area contributed by atoms with Crippen molar-refractivity contribution in [2.45, 2.75) is 37.8 Å². The molecule has 3 aliphatic rings. The van der Waals surface area contributed by atoms with Gasteiger partial charge in [0.15, 0.2) is 13.8 Å². The monoisotopic (exact) mass is 515 g/mol. The highest BCUT2D eigenvalue weighted by atomic mass is 31.1. The largest absolute Gasteiger partial charge is 0.470 e. The number of nitrogens with zero attached hydrogens (tertiary/aromatic N) is 1. The summed E-state index contributed by atoms with van der Waals surface area (Å²) in [5.41, 5.74) is 2.45. The summed E-state index contributed by atoms with van der Waals surface area (Å²) in [7, 11) is -1.42. The highest BCUT2D eigenvalue weighted by molar-refractivity contribution is 7.47. The second-order valence-corrected chi connectivity index (χ2v) is 11.8. The Balaban J connectivity index is 1.24. The van der Waals surface area contributed by atoms with Crippen molar-refractivity contribution in [1.82, 2.24) is 9.99 Å². The molecule has 1 N–H and O–H groups in total. The van der Waals surface area contributed by atoms with Crippen molar-refractivity contribution in [3.63, 3.8) is 0 Å². The van der Waals surface area contributed by atoms with Crippen molar-refractivity contribution in [3.05, 3.63) is 119 Å². The fraction of sp³-hybridized carbons (Fsp3) is 0.333. The van der Waals surface area contributed by atoms with Gasteiger partial charge in [-0.05, 0) is 54.0 Å². The molecule has 1 aliphatic heterocycles. The van der Waals surface area contributed by atoms with Gasteiger partial charge in [-0.2, -0.15) is 0 Å². The van der Waals surface area contributed by atoms with Gasteiger partial charge in [0.2, 0.25) is 0 Å². The van der Waals surface area contributed by atoms with Gasteiger partial charge in [-0.15, -0.1) is 0 Å². The van der Waals surface area contributed by atoms with Crippen LogP contribution in [0.4, 0.5) is 0 Å². The molecule has 4 nitrogen and oxygen atoms in total. The molecule has 0 radical (unpaired) electrons. The maximum absolute atomic E-state index is 13.5. The Hall–Kier alpha value is -2.48. The lowest BCUT2D eigenvalue weighted by atomic mass is 9.89. The predicted octanol–water partition coefficient (Wildman–Crippen LogP) is 8.11. The van der Waals surface area contributed by atoms with Crippen molar-refractivity contribution < 1.29 is 9.13 Å². The molecule has 184 valence electrons. The molecule has 2 aliphatic carbocycles. The summed E-state index contributed by atoms with van der Waals surface area (Å²) in [5, 5.41) is 5.80. The number of hydrogen-bond donors (Lipinski definition) is 1. The molecule has 0 amide bonds. The van der Waals surface area contributed by atoms with E-state index in [0.29, 0.717) is 0 Å². The third-order valence-electron chi connectivity index (χ3n) is 7.35. The van der Waals surface area contributed by atoms with E-state index in [1.807, 2.05) is 12.1 Å². The van der Waals surface area contributed by atoms with E-state index in [0.717, 1.165) is 49.4 Å². The highest BCUT2D eigenvalue weighted by Crippen LogP contribution is 2.59. The lowest BCUT2D eigenvalue weighted by molar-refractivity contribution is 0.316. The van der Waals surface area contributed by atoms with Crippen LogP contribution in [-0.2, 0) is 9.13 Å². The first kappa shape index (κ1) is 25.2. The molecule has 5 atom stereocenters. The van der Waals surface area contributed by atoms with E-state index in [1.165, 1.54) is 11.1 Å². The first-order valence-electron chi connectivity index (χ1n) is 12.9. The first-order valence-corrected chi connectivity index (χ1v) is 14.9. The number of unbranched alkanes of at least 4 members (excludes halogenated alkanes) is 1. The van der Waals surface area contributed by atoms with E-state index in [9.17, 15) is 9.13 Å². The van der Waals surface area contributed by atoms with Crippen molar-refractivity contribution in [1.29, 1.82) is 0 Å². The molecule has 36 heavy (non-hydrogen) atoms. The second-order valence-electron chi connectivity index (χ2n) is 9.57. The normalized spacial score (nSPS) is 25.4. The lowest BCUT2D eigenvalue weighted by Gasteiger charge is -2.28. The van der Waals surface area contributed by atoms with Gasteiger partial charge in [0, 0.05) is 23.8 Å². The molecule has 5 rings (SSSR count). The molecular weight excluding hydrogens is 482 g/mol. The zero-order valence-corrected chi connectivity index (χ0v) is 22.2. The van der Waals surface area contributed by atoms with Crippen LogP contribution in [0, 0.1) is 11.8 Å². The van der Waals surface area contributed by atoms with E-state index in [1.54, 1.807) is 0 Å². The summed E-state index contributed by atoms with van der Waals surface area (Å²) >= 11 is 0. The Bertz CT molecular complexity index is 1190. The van der Waals surface area contributed by atoms with Crippen molar-refractivity contribution in [3.8, 4) is 0 Å². The standard InChI is InChI=1S/C30H33N2O2P2/c33-35-27-19-9-7-17-25(27)29(23-13-3-1-4-14-23)31-21-11-12-22-32-30(24-15-5-2-6-16-24)26-18-8-10-20-28(26)36(32)34/h1-8,13-20,25-26,29-31H,9-12,21-22H2/q+1/t25-,26-,29+,30+/m0/s1. The van der Waals surface area contributed by atoms with Crippen molar-refractivity contribution in [2.75, 3.05) is 13.1 Å². The average Bonchev–Trinajstić information content (AvgIpc) is 3.23. The Kier molecular flexibility index (Phi) is 8.51. The molecule has 0 spiro atoms. The molecule has 2 aromatic carbocycles. The molecule has 0 bridgehead atoms. The van der Waals surface area contributed by atoms with E-state index in [2.05, 4.69) is 95.0 Å². The number of benzene rings is 2. The summed E-state index contributed by atoms with van der Waals surface area (Å²) < 4.78 is 27.5. The van der Waals surface area contributed by atoms with Gasteiger partial charge in [-0.1, -0.05) is 95.7 Å². The van der Waals surface area contributed by atoms with Gasteiger partial charge in [0.1, 0.15) is 0 Å². The number of nitrogens with one attached hydrogen (secondary N) is 1. The summed E-state index contributed by atoms with van der Waals surface area (Å²) in [6.07, 6.45) is 16.7. The number of rotatable bonds is 10. The Morgan fingerprint density at radius 2 is 1.67 bits per heavy atom. The summed E-state index contributed by atoms with van der Waals surface area (Å²) in [6, 6.07) is 21.2. The maximum atomic E-state index is 13.5. The third-order valence-corrected chi connectivity index (χ3v) is 9.88. The minimum absolute atomic E-state index is 0.0779. The molecule has 6 heteroatoms. The van der Waals surface area contributed by atoms with Gasteiger partial charge >= 0.3 is 7.95 Å². The predicted molar refractivity (Wildman–Crippen MR) is 148 cm³/mol. The fourth-order valence-electron chi connectivity index (χ4n) is 5.63. The van der Waals surface area contributed by atoms with E-state index >= 15 is 0 Å². The zero-order chi connectivity index (χ0) is 24.7. The maximum Gasteiger partial charge on any atom is 0.470 e. The highest BCUT2D eigenvalue weighted by Gasteiger charge is 2.54. The Morgan fingerprint density at radius 3 is 2.44 bits per heavy atom. The van der Waals surface area contributed by atoms with Gasteiger partial charge in [0.05, 0.1) is 12.0 Å². The van der Waals surface area contributed by atoms with Crippen LogP contribution >= 0.6 is 16.4 Å². The fourth-order valence-corrected chi connectivity index (χ4v) is 8.03. The van der Waals surface area contributed by atoms with E-state index < -0.39 is 7.95 Å². The van der Waals surface area contributed by atoms with Crippen LogP contribution in [0.3, 0.4) is 0 Å². The van der Waals surface area contributed by atoms with E-state index in [-0.39, 0.29) is 32.4 Å². The minimum Gasteiger partial charge on any atom is -0.309 e. The van der Waals surface area contributed by atoms with Gasteiger partial charge in [-0.3, -0.25) is 4.57 Å². The molecule has 1 heterocycles. The third kappa shape index (κ3) is 5.43. The van der Waals surface area contributed by atoms with Crippen LogP contribution in [0.5, 0.6) is 0 Å². The van der Waals surface area contributed by atoms with E-state index in [4.69, 9.17) is 0 Å². The van der Waals surface area contributed by atoms with Gasteiger partial charge in [0.25, 0.3) is 0 Å². The SMILES string of the molecule is O=PC1=CCC=C[C@@H]1[C@H](NCCCCN1[C@H](c2ccccc2)[C@H]2C=CCC=C2[P+]1=O)c1ccccc1. The van der Waals surface area contributed by atoms with Gasteiger partial charge < -0.3 is 5.32 Å². The zero-order valence-electron chi connectivity index (χ0n) is 20.4. The topological polar surface area (TPSA) is 49.4 Å². The molecule has 1 fully saturated rings. The molecule has 0 saturated carbocycles. The summed E-state index contributed by atoms with van der Waals surface area (Å²) in [6.45, 7) is 1.65.